The number of benzene rings is 3. The van der Waals surface area contributed by atoms with E-state index >= 15 is 0 Å². The van der Waals surface area contributed by atoms with Gasteiger partial charge in [-0.1, -0.05) is 75.4 Å². The van der Waals surface area contributed by atoms with Crippen LogP contribution in [0.15, 0.2) is 78.9 Å². The lowest BCUT2D eigenvalue weighted by atomic mass is 9.92. The summed E-state index contributed by atoms with van der Waals surface area (Å²) in [6.45, 7) is 17.7. The van der Waals surface area contributed by atoms with Crippen molar-refractivity contribution >= 4 is 14.2 Å². The lowest BCUT2D eigenvalue weighted by Gasteiger charge is -2.47. The summed E-state index contributed by atoms with van der Waals surface area (Å²) in [5, 5.41) is 0. The van der Waals surface area contributed by atoms with E-state index in [9.17, 15) is 9.18 Å². The molecule has 1 amide bonds. The molecule has 0 bridgehead atoms. The molecular weight excluding hydrogens is 566 g/mol. The third kappa shape index (κ3) is 8.24. The summed E-state index contributed by atoms with van der Waals surface area (Å²) in [6.07, 6.45) is 0. The highest BCUT2D eigenvalue weighted by atomic mass is 28.4. The first-order valence-electron chi connectivity index (χ1n) is 16.6. The first kappa shape index (κ1) is 34.0. The van der Waals surface area contributed by atoms with Gasteiger partial charge in [0, 0.05) is 50.4 Å². The van der Waals surface area contributed by atoms with Gasteiger partial charge in [0.15, 0.2) is 8.32 Å². The molecule has 3 aromatic carbocycles. The molecule has 1 saturated heterocycles. The third-order valence-corrected chi connectivity index (χ3v) is 14.4. The molecule has 0 aliphatic carbocycles. The molecule has 1 fully saturated rings. The van der Waals surface area contributed by atoms with Crippen LogP contribution in [0.1, 0.15) is 74.6 Å². The third-order valence-electron chi connectivity index (χ3n) is 9.73. The maximum absolute atomic E-state index is 13.9. The topological polar surface area (TPSA) is 36.0 Å². The molecule has 0 spiro atoms. The predicted molar refractivity (Wildman–Crippen MR) is 182 cm³/mol. The molecule has 0 unspecified atom stereocenters. The molecule has 3 aromatic rings. The summed E-state index contributed by atoms with van der Waals surface area (Å²) in [5.41, 5.74) is 4.15. The van der Waals surface area contributed by atoms with E-state index in [0.29, 0.717) is 31.3 Å². The summed E-state index contributed by atoms with van der Waals surface area (Å²) < 4.78 is 20.3. The van der Waals surface area contributed by atoms with Crippen molar-refractivity contribution in [3.8, 4) is 0 Å². The zero-order chi connectivity index (χ0) is 31.7. The van der Waals surface area contributed by atoms with Crippen molar-refractivity contribution in [2.75, 3.05) is 32.8 Å². The van der Waals surface area contributed by atoms with Crippen LogP contribution in [0.4, 0.5) is 4.39 Å². The Labute approximate surface area is 266 Å². The maximum atomic E-state index is 13.9. The first-order chi connectivity index (χ1) is 21.2. The molecule has 5 nitrogen and oxygen atoms in total. The van der Waals surface area contributed by atoms with E-state index in [0.717, 1.165) is 43.3 Å². The number of carbonyl (C=O) groups is 1. The second-order valence-electron chi connectivity index (χ2n) is 12.4. The van der Waals surface area contributed by atoms with Gasteiger partial charge in [0.25, 0.3) is 5.91 Å². The van der Waals surface area contributed by atoms with E-state index in [1.54, 1.807) is 12.1 Å². The van der Waals surface area contributed by atoms with Gasteiger partial charge in [0.05, 0.1) is 12.6 Å². The second kappa shape index (κ2) is 15.9. The SMILES string of the molecule is CCN(CCO[Si](CC)(CC)CC)C(=O)c1ccc([C@H](c2ccccc2)N2C[C@@H](C)N(Cc3cccc(F)c3)C[C@@H]2C)cc1. The summed E-state index contributed by atoms with van der Waals surface area (Å²) in [7, 11) is -1.68. The number of likely N-dealkylation sites (N-methyl/N-ethyl adjacent to an activating group) is 1. The fraction of sp³-hybridized carbons (Fsp3) is 0.486. The number of rotatable bonds is 14. The van der Waals surface area contributed by atoms with Gasteiger partial charge < -0.3 is 9.33 Å². The smallest absolute Gasteiger partial charge is 0.253 e. The van der Waals surface area contributed by atoms with Gasteiger partial charge in [-0.3, -0.25) is 14.6 Å². The average molecular weight is 618 g/mol. The van der Waals surface area contributed by atoms with E-state index in [-0.39, 0.29) is 23.8 Å². The Morgan fingerprint density at radius 1 is 0.886 bits per heavy atom. The van der Waals surface area contributed by atoms with Gasteiger partial charge in [-0.25, -0.2) is 4.39 Å². The van der Waals surface area contributed by atoms with E-state index < -0.39 is 8.32 Å². The van der Waals surface area contributed by atoms with Crippen molar-refractivity contribution in [3.05, 3.63) is 107 Å². The normalized spacial score (nSPS) is 18.7. The molecule has 0 N–H and O–H groups in total. The summed E-state index contributed by atoms with van der Waals surface area (Å²) >= 11 is 0. The van der Waals surface area contributed by atoms with Gasteiger partial charge in [-0.15, -0.1) is 0 Å². The van der Waals surface area contributed by atoms with Crippen molar-refractivity contribution < 1.29 is 13.6 Å². The molecule has 1 heterocycles. The van der Waals surface area contributed by atoms with Crippen LogP contribution >= 0.6 is 0 Å². The largest absolute Gasteiger partial charge is 0.415 e. The van der Waals surface area contributed by atoms with E-state index in [1.165, 1.54) is 17.2 Å². The molecule has 4 rings (SSSR count). The molecule has 0 radical (unpaired) electrons. The molecule has 238 valence electrons. The molecule has 0 aromatic heterocycles. The van der Waals surface area contributed by atoms with Gasteiger partial charge >= 0.3 is 0 Å². The highest BCUT2D eigenvalue weighted by molar-refractivity contribution is 6.73. The van der Waals surface area contributed by atoms with Crippen LogP contribution in [0.25, 0.3) is 0 Å². The highest BCUT2D eigenvalue weighted by Gasteiger charge is 2.35. The van der Waals surface area contributed by atoms with Crippen molar-refractivity contribution in [2.45, 2.75) is 84.3 Å². The molecule has 0 saturated carbocycles. The fourth-order valence-corrected chi connectivity index (χ4v) is 9.34. The van der Waals surface area contributed by atoms with Crippen LogP contribution < -0.4 is 0 Å². The fourth-order valence-electron chi connectivity index (χ4n) is 6.71. The van der Waals surface area contributed by atoms with Crippen LogP contribution in [-0.4, -0.2) is 73.8 Å². The Morgan fingerprint density at radius 2 is 1.55 bits per heavy atom. The summed E-state index contributed by atoms with van der Waals surface area (Å²) in [5.74, 6) is -0.125. The van der Waals surface area contributed by atoms with E-state index in [4.69, 9.17) is 4.43 Å². The molecule has 3 atom stereocenters. The quantitative estimate of drug-likeness (QED) is 0.172. The van der Waals surface area contributed by atoms with Crippen LogP contribution in [0.3, 0.4) is 0 Å². The Bertz CT molecular complexity index is 1310. The Balaban J connectivity index is 1.50. The van der Waals surface area contributed by atoms with Crippen molar-refractivity contribution in [2.24, 2.45) is 0 Å². The molecule has 7 heteroatoms. The zero-order valence-electron chi connectivity index (χ0n) is 27.6. The summed E-state index contributed by atoms with van der Waals surface area (Å²) in [6, 6.07) is 29.9. The number of hydrogen-bond acceptors (Lipinski definition) is 4. The maximum Gasteiger partial charge on any atom is 0.253 e. The predicted octanol–water partition coefficient (Wildman–Crippen LogP) is 7.99. The Kier molecular flexibility index (Phi) is 12.3. The average Bonchev–Trinajstić information content (AvgIpc) is 3.04. The number of carbonyl (C=O) groups excluding carboxylic acids is 1. The van der Waals surface area contributed by atoms with E-state index in [1.807, 2.05) is 30.0 Å². The minimum Gasteiger partial charge on any atom is -0.415 e. The first-order valence-corrected chi connectivity index (χ1v) is 19.1. The second-order valence-corrected chi connectivity index (χ2v) is 17.1. The van der Waals surface area contributed by atoms with Crippen molar-refractivity contribution in [1.82, 2.24) is 14.7 Å². The standard InChI is InChI=1S/C37H52FN3O2Si/c1-7-39(23-24-43-44(8-2,9-3)10-4)37(42)34-21-19-33(20-22-34)36(32-16-12-11-13-17-32)41-27-29(5)40(26-30(41)6)28-31-15-14-18-35(38)25-31/h11-22,25,29-30,36H,7-10,23-24,26-28H2,1-6H3/t29-,30+,36+/m1/s1. The van der Waals surface area contributed by atoms with Gasteiger partial charge in [0.1, 0.15) is 5.82 Å². The number of piperazine rings is 1. The monoisotopic (exact) mass is 617 g/mol. The minimum atomic E-state index is -1.68. The van der Waals surface area contributed by atoms with Crippen molar-refractivity contribution in [1.29, 1.82) is 0 Å². The lowest BCUT2D eigenvalue weighted by Crippen LogP contribution is -2.56. The number of amides is 1. The van der Waals surface area contributed by atoms with Crippen LogP contribution in [0.5, 0.6) is 0 Å². The van der Waals surface area contributed by atoms with Crippen LogP contribution in [-0.2, 0) is 11.0 Å². The van der Waals surface area contributed by atoms with Gasteiger partial charge in [0.2, 0.25) is 0 Å². The minimum absolute atomic E-state index is 0.0589. The zero-order valence-corrected chi connectivity index (χ0v) is 28.6. The molecule has 44 heavy (non-hydrogen) atoms. The summed E-state index contributed by atoms with van der Waals surface area (Å²) in [4.78, 5) is 20.5. The highest BCUT2D eigenvalue weighted by Crippen LogP contribution is 2.34. The van der Waals surface area contributed by atoms with Gasteiger partial charge in [-0.05, 0) is 79.9 Å². The Morgan fingerprint density at radius 3 is 2.16 bits per heavy atom. The molecule has 1 aliphatic heterocycles. The van der Waals surface area contributed by atoms with Gasteiger partial charge in [-0.2, -0.15) is 0 Å². The number of halogens is 1. The molecular formula is C37H52FN3O2Si. The van der Waals surface area contributed by atoms with Crippen LogP contribution in [0, 0.1) is 5.82 Å². The number of hydrogen-bond donors (Lipinski definition) is 0. The van der Waals surface area contributed by atoms with Crippen LogP contribution in [0.2, 0.25) is 18.1 Å². The van der Waals surface area contributed by atoms with Crippen molar-refractivity contribution in [3.63, 3.8) is 0 Å². The molecule has 1 aliphatic rings. The van der Waals surface area contributed by atoms with E-state index in [2.05, 4.69) is 86.9 Å². The number of nitrogens with zero attached hydrogens (tertiary/aromatic N) is 3. The Hall–Kier alpha value is -2.84. The lowest BCUT2D eigenvalue weighted by molar-refractivity contribution is 0.0195.